The van der Waals surface area contributed by atoms with Crippen molar-refractivity contribution in [2.45, 2.75) is 19.3 Å². The highest BCUT2D eigenvalue weighted by atomic mass is 79.9. The van der Waals surface area contributed by atoms with E-state index in [1.807, 2.05) is 6.07 Å². The van der Waals surface area contributed by atoms with Crippen LogP contribution in [-0.2, 0) is 10.2 Å². The van der Waals surface area contributed by atoms with Crippen LogP contribution >= 0.6 is 15.9 Å². The average Bonchev–Trinajstić information content (AvgIpc) is 2.33. The number of fused-ring (bicyclic) bond motifs is 1. The summed E-state index contributed by atoms with van der Waals surface area (Å²) in [5.41, 5.74) is 0.431. The molecule has 0 aromatic heterocycles. The lowest BCUT2D eigenvalue weighted by Gasteiger charge is -2.16. The summed E-state index contributed by atoms with van der Waals surface area (Å²) >= 11 is 3.29. The van der Waals surface area contributed by atoms with E-state index in [9.17, 15) is 4.79 Å². The van der Waals surface area contributed by atoms with E-state index in [4.69, 9.17) is 4.11 Å². The second-order valence-electron chi connectivity index (χ2n) is 3.93. The second kappa shape index (κ2) is 2.83. The van der Waals surface area contributed by atoms with Gasteiger partial charge in [-0.15, -0.1) is 0 Å². The first-order valence-corrected chi connectivity index (χ1v) is 5.09. The molecule has 3 heteroatoms. The second-order valence-corrected chi connectivity index (χ2v) is 4.84. The minimum atomic E-state index is -2.44. The Morgan fingerprint density at radius 3 is 2.86 bits per heavy atom. The third kappa shape index (κ3) is 1.12. The van der Waals surface area contributed by atoms with E-state index in [1.54, 1.807) is 26.0 Å². The van der Waals surface area contributed by atoms with Crippen molar-refractivity contribution < 1.29 is 8.91 Å². The molecular formula is C11H12BrNO. The van der Waals surface area contributed by atoms with Crippen molar-refractivity contribution in [2.75, 3.05) is 11.9 Å². The number of carbonyl (C=O) groups excluding carboxylic acids is 1. The number of hydrogen-bond donors (Lipinski definition) is 0. The van der Waals surface area contributed by atoms with Crippen LogP contribution < -0.4 is 4.90 Å². The number of hydrogen-bond acceptors (Lipinski definition) is 1. The van der Waals surface area contributed by atoms with Gasteiger partial charge < -0.3 is 4.90 Å². The zero-order chi connectivity index (χ0) is 13.0. The van der Waals surface area contributed by atoms with Gasteiger partial charge in [-0.1, -0.05) is 22.0 Å². The molecule has 0 unspecified atom stereocenters. The van der Waals surface area contributed by atoms with Crippen LogP contribution in [0.15, 0.2) is 22.7 Å². The van der Waals surface area contributed by atoms with E-state index in [0.717, 1.165) is 14.9 Å². The predicted molar refractivity (Wildman–Crippen MR) is 60.6 cm³/mol. The van der Waals surface area contributed by atoms with E-state index in [2.05, 4.69) is 15.9 Å². The Hall–Kier alpha value is -0.830. The number of halogens is 1. The third-order valence-corrected chi connectivity index (χ3v) is 3.11. The zero-order valence-corrected chi connectivity index (χ0v) is 9.55. The molecule has 0 atom stereocenters. The monoisotopic (exact) mass is 256 g/mol. The summed E-state index contributed by atoms with van der Waals surface area (Å²) < 4.78 is 23.1. The van der Waals surface area contributed by atoms with Crippen molar-refractivity contribution in [1.29, 1.82) is 0 Å². The molecule has 0 bridgehead atoms. The first-order chi connectivity index (χ1) is 7.65. The fourth-order valence-electron chi connectivity index (χ4n) is 1.72. The molecule has 1 heterocycles. The van der Waals surface area contributed by atoms with Gasteiger partial charge in [-0.2, -0.15) is 0 Å². The largest absolute Gasteiger partial charge is 0.314 e. The summed E-state index contributed by atoms with van der Waals surface area (Å²) in [5, 5.41) is 0. The molecule has 1 aromatic rings. The van der Waals surface area contributed by atoms with Crippen LogP contribution in [0.5, 0.6) is 0 Å². The van der Waals surface area contributed by atoms with Gasteiger partial charge in [-0.25, -0.2) is 0 Å². The summed E-state index contributed by atoms with van der Waals surface area (Å²) in [5.74, 6) is -0.384. The van der Waals surface area contributed by atoms with Crippen molar-refractivity contribution in [3.63, 3.8) is 0 Å². The predicted octanol–water partition coefficient (Wildman–Crippen LogP) is 2.70. The Balaban J connectivity index is 2.69. The molecule has 1 amide bonds. The van der Waals surface area contributed by atoms with Gasteiger partial charge in [0.05, 0.1) is 5.41 Å². The maximum Gasteiger partial charge on any atom is 0.236 e. The molecule has 2 nitrogen and oxygen atoms in total. The van der Waals surface area contributed by atoms with Gasteiger partial charge in [0, 0.05) is 21.2 Å². The van der Waals surface area contributed by atoms with Gasteiger partial charge in [0.15, 0.2) is 0 Å². The SMILES string of the molecule is [2H]C([2H])([2H])N1C(=O)C(C)(C)c2ccc(Br)cc21. The Morgan fingerprint density at radius 2 is 2.21 bits per heavy atom. The molecule has 14 heavy (non-hydrogen) atoms. The quantitative estimate of drug-likeness (QED) is 0.699. The summed E-state index contributed by atoms with van der Waals surface area (Å²) in [6.45, 7) is 1.04. The van der Waals surface area contributed by atoms with Gasteiger partial charge in [0.1, 0.15) is 0 Å². The normalized spacial score (nSPS) is 22.6. The molecule has 1 aliphatic rings. The molecule has 0 aliphatic carbocycles. The Labute approximate surface area is 96.3 Å². The summed E-state index contributed by atoms with van der Waals surface area (Å²) in [4.78, 5) is 13.1. The van der Waals surface area contributed by atoms with Crippen molar-refractivity contribution in [1.82, 2.24) is 0 Å². The maximum absolute atomic E-state index is 12.2. The lowest BCUT2D eigenvalue weighted by Crippen LogP contribution is -2.33. The number of likely N-dealkylation sites (N-methyl/N-ethyl adjacent to an activating group) is 1. The lowest BCUT2D eigenvalue weighted by molar-refractivity contribution is -0.121. The van der Waals surface area contributed by atoms with E-state index >= 15 is 0 Å². The van der Waals surface area contributed by atoms with Gasteiger partial charge in [-0.05, 0) is 31.5 Å². The minimum Gasteiger partial charge on any atom is -0.314 e. The fraction of sp³-hybridized carbons (Fsp3) is 0.364. The maximum atomic E-state index is 12.2. The Bertz CT molecular complexity index is 496. The first kappa shape index (κ1) is 6.62. The highest BCUT2D eigenvalue weighted by Crippen LogP contribution is 2.41. The van der Waals surface area contributed by atoms with Crippen molar-refractivity contribution in [2.24, 2.45) is 0 Å². The molecule has 1 aromatic carbocycles. The van der Waals surface area contributed by atoms with Crippen LogP contribution in [0.1, 0.15) is 23.5 Å². The molecule has 0 radical (unpaired) electrons. The van der Waals surface area contributed by atoms with Crippen LogP contribution in [-0.4, -0.2) is 12.9 Å². The number of rotatable bonds is 0. The minimum absolute atomic E-state index is 0.384. The fourth-order valence-corrected chi connectivity index (χ4v) is 2.07. The number of carbonyl (C=O) groups is 1. The van der Waals surface area contributed by atoms with E-state index in [-0.39, 0.29) is 5.91 Å². The standard InChI is InChI=1S/C11H12BrNO/c1-11(2)8-5-4-7(12)6-9(8)13(3)10(11)14/h4-6H,1-3H3/i3D3. The van der Waals surface area contributed by atoms with E-state index < -0.39 is 12.4 Å². The van der Waals surface area contributed by atoms with Crippen LogP contribution in [0.2, 0.25) is 0 Å². The zero-order valence-electron chi connectivity index (χ0n) is 11.0. The van der Waals surface area contributed by atoms with E-state index in [1.165, 1.54) is 0 Å². The average molecular weight is 257 g/mol. The molecule has 74 valence electrons. The third-order valence-electron chi connectivity index (χ3n) is 2.61. The summed E-state index contributed by atoms with van der Waals surface area (Å²) in [6, 6.07) is 5.29. The van der Waals surface area contributed by atoms with Crippen molar-refractivity contribution in [3.05, 3.63) is 28.2 Å². The number of amides is 1. The number of anilines is 1. The molecule has 0 saturated carbocycles. The van der Waals surface area contributed by atoms with Gasteiger partial charge in [0.25, 0.3) is 0 Å². The molecule has 0 saturated heterocycles. The van der Waals surface area contributed by atoms with Gasteiger partial charge in [-0.3, -0.25) is 4.79 Å². The van der Waals surface area contributed by atoms with Crippen LogP contribution in [0.4, 0.5) is 5.69 Å². The summed E-state index contributed by atoms with van der Waals surface area (Å²) in [7, 11) is 0. The highest BCUT2D eigenvalue weighted by molar-refractivity contribution is 9.10. The van der Waals surface area contributed by atoms with Crippen molar-refractivity contribution >= 4 is 27.5 Å². The topological polar surface area (TPSA) is 20.3 Å². The smallest absolute Gasteiger partial charge is 0.236 e. The number of benzene rings is 1. The molecule has 0 spiro atoms. The van der Waals surface area contributed by atoms with Gasteiger partial charge in [0.2, 0.25) is 5.91 Å². The Kier molecular flexibility index (Phi) is 1.34. The summed E-state index contributed by atoms with van der Waals surface area (Å²) in [6.07, 6.45) is 0. The lowest BCUT2D eigenvalue weighted by atomic mass is 9.86. The molecular weight excluding hydrogens is 242 g/mol. The highest BCUT2D eigenvalue weighted by Gasteiger charge is 2.41. The van der Waals surface area contributed by atoms with Crippen molar-refractivity contribution in [3.8, 4) is 0 Å². The van der Waals surface area contributed by atoms with Crippen LogP contribution in [0.3, 0.4) is 0 Å². The Morgan fingerprint density at radius 1 is 1.50 bits per heavy atom. The first-order valence-electron chi connectivity index (χ1n) is 5.80. The van der Waals surface area contributed by atoms with Crippen LogP contribution in [0, 0.1) is 0 Å². The molecule has 1 aliphatic heterocycles. The molecule has 0 N–H and O–H groups in total. The molecule has 2 rings (SSSR count). The van der Waals surface area contributed by atoms with E-state index in [0.29, 0.717) is 5.69 Å². The van der Waals surface area contributed by atoms with Crippen LogP contribution in [0.25, 0.3) is 0 Å². The number of nitrogens with zero attached hydrogens (tertiary/aromatic N) is 1. The van der Waals surface area contributed by atoms with Gasteiger partial charge >= 0.3 is 0 Å². The molecule has 0 fully saturated rings.